The molecule has 188 valence electrons. The van der Waals surface area contributed by atoms with Crippen molar-refractivity contribution in [2.45, 2.75) is 13.0 Å². The summed E-state index contributed by atoms with van der Waals surface area (Å²) in [7, 11) is 3.15. The number of benzene rings is 2. The number of nitrogens with zero attached hydrogens (tertiary/aromatic N) is 2. The molecule has 0 saturated carbocycles. The molecule has 2 heterocycles. The lowest BCUT2D eigenvalue weighted by molar-refractivity contribution is -0.124. The molecule has 0 unspecified atom stereocenters. The highest BCUT2D eigenvalue weighted by Gasteiger charge is 2.27. The molecule has 0 spiro atoms. The maximum Gasteiger partial charge on any atom is 0.343 e. The Labute approximate surface area is 213 Å². The number of aryl methyl sites for hydroxylation is 1. The van der Waals surface area contributed by atoms with E-state index in [0.29, 0.717) is 11.5 Å². The number of ether oxygens (including phenoxy) is 3. The smallest absolute Gasteiger partial charge is 0.343 e. The van der Waals surface area contributed by atoms with Crippen LogP contribution < -0.4 is 14.8 Å². The van der Waals surface area contributed by atoms with E-state index in [0.717, 1.165) is 11.1 Å². The van der Waals surface area contributed by atoms with Crippen molar-refractivity contribution in [3.8, 4) is 23.5 Å². The molecule has 4 aromatic rings. The summed E-state index contributed by atoms with van der Waals surface area (Å²) in [4.78, 5) is 25.7. The van der Waals surface area contributed by atoms with Gasteiger partial charge in [-0.15, -0.1) is 0 Å². The van der Waals surface area contributed by atoms with Crippen LogP contribution in [0.15, 0.2) is 77.5 Å². The molecule has 4 rings (SSSR count). The predicted molar refractivity (Wildman–Crippen MR) is 134 cm³/mol. The fourth-order valence-electron chi connectivity index (χ4n) is 3.89. The summed E-state index contributed by atoms with van der Waals surface area (Å²) in [5.74, 6) is 0.452. The van der Waals surface area contributed by atoms with Gasteiger partial charge in [0.1, 0.15) is 34.5 Å². The van der Waals surface area contributed by atoms with Crippen LogP contribution >= 0.6 is 0 Å². The summed E-state index contributed by atoms with van der Waals surface area (Å²) >= 11 is 0. The van der Waals surface area contributed by atoms with E-state index in [1.54, 1.807) is 74.5 Å². The lowest BCUT2D eigenvalue weighted by Gasteiger charge is -2.20. The van der Waals surface area contributed by atoms with Crippen LogP contribution in [0.2, 0.25) is 0 Å². The third kappa shape index (κ3) is 5.49. The fourth-order valence-corrected chi connectivity index (χ4v) is 3.89. The van der Waals surface area contributed by atoms with Crippen molar-refractivity contribution < 1.29 is 28.2 Å². The molecule has 0 radical (unpaired) electrons. The molecule has 0 aliphatic rings. The Kier molecular flexibility index (Phi) is 7.59. The number of amides is 1. The van der Waals surface area contributed by atoms with Gasteiger partial charge in [-0.25, -0.2) is 4.79 Å². The summed E-state index contributed by atoms with van der Waals surface area (Å²) < 4.78 is 23.0. The number of carbonyl (C=O) groups is 2. The van der Waals surface area contributed by atoms with Gasteiger partial charge in [0.2, 0.25) is 5.88 Å². The number of aromatic nitrogens is 1. The Morgan fingerprint density at radius 2 is 1.51 bits per heavy atom. The van der Waals surface area contributed by atoms with E-state index in [9.17, 15) is 14.9 Å². The molecular weight excluding hydrogens is 474 g/mol. The quantitative estimate of drug-likeness (QED) is 0.341. The van der Waals surface area contributed by atoms with Crippen molar-refractivity contribution >= 4 is 11.9 Å². The SMILES string of the molecule is COc1ccc(C(NC(=O)COC(=O)c2c(C)oc(-n3cccc3)c2C#N)c2ccc(OC)cc2)cc1. The van der Waals surface area contributed by atoms with Crippen molar-refractivity contribution in [3.63, 3.8) is 0 Å². The van der Waals surface area contributed by atoms with Gasteiger partial charge in [0.15, 0.2) is 6.61 Å². The Bertz CT molecular complexity index is 1370. The normalized spacial score (nSPS) is 10.6. The number of rotatable bonds is 9. The highest BCUT2D eigenvalue weighted by molar-refractivity contribution is 5.95. The van der Waals surface area contributed by atoms with Gasteiger partial charge >= 0.3 is 5.97 Å². The minimum atomic E-state index is -0.822. The molecule has 0 aliphatic carbocycles. The van der Waals surface area contributed by atoms with Gasteiger partial charge < -0.3 is 23.9 Å². The van der Waals surface area contributed by atoms with Gasteiger partial charge in [-0.1, -0.05) is 24.3 Å². The minimum absolute atomic E-state index is 0.0131. The van der Waals surface area contributed by atoms with Crippen LogP contribution in [0.1, 0.15) is 38.9 Å². The van der Waals surface area contributed by atoms with Gasteiger partial charge in [-0.05, 0) is 54.4 Å². The van der Waals surface area contributed by atoms with Crippen molar-refractivity contribution in [2.24, 2.45) is 0 Å². The number of hydrogen-bond donors (Lipinski definition) is 1. The van der Waals surface area contributed by atoms with Crippen molar-refractivity contribution in [2.75, 3.05) is 20.8 Å². The van der Waals surface area contributed by atoms with E-state index < -0.39 is 24.5 Å². The van der Waals surface area contributed by atoms with Crippen LogP contribution in [0.3, 0.4) is 0 Å². The van der Waals surface area contributed by atoms with Gasteiger partial charge in [-0.2, -0.15) is 5.26 Å². The van der Waals surface area contributed by atoms with Crippen molar-refractivity contribution in [3.05, 3.63) is 101 Å². The Morgan fingerprint density at radius 3 is 2.00 bits per heavy atom. The minimum Gasteiger partial charge on any atom is -0.497 e. The number of nitriles is 1. The molecule has 0 bridgehead atoms. The molecule has 2 aromatic heterocycles. The third-order valence-electron chi connectivity index (χ3n) is 5.76. The van der Waals surface area contributed by atoms with Crippen LogP contribution in [0.25, 0.3) is 5.88 Å². The van der Waals surface area contributed by atoms with Gasteiger partial charge in [0.05, 0.1) is 20.3 Å². The van der Waals surface area contributed by atoms with Crippen LogP contribution in [0, 0.1) is 18.3 Å². The van der Waals surface area contributed by atoms with E-state index in [-0.39, 0.29) is 22.8 Å². The summed E-state index contributed by atoms with van der Waals surface area (Å²) in [5, 5.41) is 12.6. The second kappa shape index (κ2) is 11.2. The summed E-state index contributed by atoms with van der Waals surface area (Å²) in [6, 6.07) is 19.6. The largest absolute Gasteiger partial charge is 0.497 e. The van der Waals surface area contributed by atoms with E-state index in [2.05, 4.69) is 5.32 Å². The molecule has 1 amide bonds. The zero-order chi connectivity index (χ0) is 26.4. The van der Waals surface area contributed by atoms with Crippen molar-refractivity contribution in [1.82, 2.24) is 9.88 Å². The van der Waals surface area contributed by atoms with E-state index in [4.69, 9.17) is 18.6 Å². The van der Waals surface area contributed by atoms with Crippen molar-refractivity contribution in [1.29, 1.82) is 5.26 Å². The third-order valence-corrected chi connectivity index (χ3v) is 5.76. The first-order chi connectivity index (χ1) is 17.9. The van der Waals surface area contributed by atoms with Gasteiger partial charge in [0.25, 0.3) is 5.91 Å². The average Bonchev–Trinajstić information content (AvgIpc) is 3.58. The number of esters is 1. The Morgan fingerprint density at radius 1 is 0.973 bits per heavy atom. The highest BCUT2D eigenvalue weighted by Crippen LogP contribution is 2.27. The van der Waals surface area contributed by atoms with Crippen LogP contribution in [-0.2, 0) is 9.53 Å². The standard InChI is InChI=1S/C28H25N3O6/c1-18-25(23(16-29)27(37-18)31-14-4-5-15-31)28(33)36-17-24(32)30-26(19-6-10-21(34-2)11-7-19)20-8-12-22(35-3)13-9-20/h4-15,26H,17H2,1-3H3,(H,30,32). The fraction of sp³-hybridized carbons (Fsp3) is 0.179. The summed E-state index contributed by atoms with van der Waals surface area (Å²) in [6.45, 7) is 1.02. The Hall–Kier alpha value is -4.97. The maximum atomic E-state index is 12.9. The molecule has 9 heteroatoms. The first-order valence-electron chi connectivity index (χ1n) is 11.4. The number of carbonyl (C=O) groups excluding carboxylic acids is 2. The first kappa shape index (κ1) is 25.1. The maximum absolute atomic E-state index is 12.9. The van der Waals surface area contributed by atoms with Gasteiger partial charge in [0, 0.05) is 12.4 Å². The molecule has 9 nitrogen and oxygen atoms in total. The number of nitrogens with one attached hydrogen (secondary N) is 1. The van der Waals surface area contributed by atoms with E-state index in [1.807, 2.05) is 30.3 Å². The number of methoxy groups -OCH3 is 2. The molecule has 37 heavy (non-hydrogen) atoms. The molecule has 0 fully saturated rings. The second-order valence-corrected chi connectivity index (χ2v) is 8.04. The molecule has 0 saturated heterocycles. The molecule has 1 N–H and O–H groups in total. The summed E-state index contributed by atoms with van der Waals surface area (Å²) in [6.07, 6.45) is 3.39. The average molecular weight is 500 g/mol. The highest BCUT2D eigenvalue weighted by atomic mass is 16.5. The summed E-state index contributed by atoms with van der Waals surface area (Å²) in [5.41, 5.74) is 1.63. The molecule has 0 atom stereocenters. The lowest BCUT2D eigenvalue weighted by Crippen LogP contribution is -2.33. The molecule has 0 aliphatic heterocycles. The second-order valence-electron chi connectivity index (χ2n) is 8.04. The van der Waals surface area contributed by atoms with E-state index >= 15 is 0 Å². The molecular formula is C28H25N3O6. The van der Waals surface area contributed by atoms with Crippen LogP contribution in [-0.4, -0.2) is 37.3 Å². The lowest BCUT2D eigenvalue weighted by atomic mass is 9.98. The zero-order valence-electron chi connectivity index (χ0n) is 20.6. The van der Waals surface area contributed by atoms with Crippen LogP contribution in [0.5, 0.6) is 11.5 Å². The zero-order valence-corrected chi connectivity index (χ0v) is 20.6. The van der Waals surface area contributed by atoms with E-state index in [1.165, 1.54) is 0 Å². The number of hydrogen-bond acceptors (Lipinski definition) is 7. The predicted octanol–water partition coefficient (Wildman–Crippen LogP) is 4.33. The Balaban J connectivity index is 1.51. The van der Waals surface area contributed by atoms with Gasteiger partial charge in [-0.3, -0.25) is 9.36 Å². The van der Waals surface area contributed by atoms with Crippen LogP contribution in [0.4, 0.5) is 0 Å². The first-order valence-corrected chi connectivity index (χ1v) is 11.4. The topological polar surface area (TPSA) is 116 Å². The number of furan rings is 1. The monoisotopic (exact) mass is 499 g/mol. The molecule has 2 aromatic carbocycles.